The number of hydrogen-bond acceptors (Lipinski definition) is 4. The monoisotopic (exact) mass is 520 g/mol. The minimum Gasteiger partial charge on any atom is -0.281 e. The lowest BCUT2D eigenvalue weighted by atomic mass is 10.2. The van der Waals surface area contributed by atoms with Gasteiger partial charge in [0.2, 0.25) is 10.2 Å². The summed E-state index contributed by atoms with van der Waals surface area (Å²) in [6.07, 6.45) is 0. The zero-order chi connectivity index (χ0) is 21.1. The molecule has 0 aliphatic heterocycles. The van der Waals surface area contributed by atoms with Crippen molar-refractivity contribution in [2.24, 2.45) is 0 Å². The molecule has 2 nitrogen and oxygen atoms in total. The quantitative estimate of drug-likeness (QED) is 0.321. The summed E-state index contributed by atoms with van der Waals surface area (Å²) in [5.74, 6) is 0. The summed E-state index contributed by atoms with van der Waals surface area (Å²) in [5, 5.41) is 1.25. The van der Waals surface area contributed by atoms with Crippen molar-refractivity contribution < 1.29 is 9.59 Å². The smallest absolute Gasteiger partial charge is 0.225 e. The van der Waals surface area contributed by atoms with E-state index in [1.54, 1.807) is 42.5 Å². The van der Waals surface area contributed by atoms with E-state index in [-0.39, 0.29) is 20.3 Å². The zero-order valence-electron chi connectivity index (χ0n) is 14.2. The third-order valence-electron chi connectivity index (χ3n) is 3.62. The molecule has 3 aromatic rings. The van der Waals surface area contributed by atoms with Crippen LogP contribution in [0.25, 0.3) is 0 Å². The molecule has 0 aliphatic rings. The second kappa shape index (κ2) is 9.97. The first-order chi connectivity index (χ1) is 13.7. The third-order valence-corrected chi connectivity index (χ3v) is 7.01. The van der Waals surface area contributed by atoms with Crippen molar-refractivity contribution in [3.63, 3.8) is 0 Å². The highest BCUT2D eigenvalue weighted by Crippen LogP contribution is 2.36. The van der Waals surface area contributed by atoms with Crippen molar-refractivity contribution in [1.29, 1.82) is 0 Å². The first kappa shape index (κ1) is 22.8. The first-order valence-corrected chi connectivity index (χ1v) is 11.4. The van der Waals surface area contributed by atoms with Crippen LogP contribution in [0.3, 0.4) is 0 Å². The van der Waals surface area contributed by atoms with Gasteiger partial charge in [0.05, 0.1) is 15.1 Å². The maximum absolute atomic E-state index is 12.6. The van der Waals surface area contributed by atoms with E-state index in [9.17, 15) is 9.59 Å². The SMILES string of the molecule is O=C(Sc1ccc(Cl)c(SC(=O)c2ccc(Cl)cc2Cl)c1)c1ccc(Cl)cc1Cl. The van der Waals surface area contributed by atoms with Crippen LogP contribution in [0.2, 0.25) is 25.1 Å². The van der Waals surface area contributed by atoms with Crippen LogP contribution in [0.15, 0.2) is 64.4 Å². The average Bonchev–Trinajstić information content (AvgIpc) is 2.64. The van der Waals surface area contributed by atoms with Crippen LogP contribution < -0.4 is 0 Å². The molecule has 0 radical (unpaired) electrons. The van der Waals surface area contributed by atoms with Gasteiger partial charge in [-0.25, -0.2) is 0 Å². The molecule has 0 heterocycles. The average molecular weight is 523 g/mol. The summed E-state index contributed by atoms with van der Waals surface area (Å²) in [6, 6.07) is 14.3. The summed E-state index contributed by atoms with van der Waals surface area (Å²) in [6.45, 7) is 0. The van der Waals surface area contributed by atoms with Crippen LogP contribution in [0.5, 0.6) is 0 Å². The van der Waals surface area contributed by atoms with Gasteiger partial charge in [-0.15, -0.1) is 0 Å². The Kier molecular flexibility index (Phi) is 7.85. The van der Waals surface area contributed by atoms with Crippen LogP contribution in [0.1, 0.15) is 20.7 Å². The molecular weight excluding hydrogens is 514 g/mol. The van der Waals surface area contributed by atoms with Gasteiger partial charge in [0.15, 0.2) is 0 Å². The van der Waals surface area contributed by atoms with E-state index in [4.69, 9.17) is 58.0 Å². The van der Waals surface area contributed by atoms with E-state index < -0.39 is 0 Å². The zero-order valence-corrected chi connectivity index (χ0v) is 19.6. The molecule has 9 heteroatoms. The van der Waals surface area contributed by atoms with Crippen molar-refractivity contribution in [2.75, 3.05) is 0 Å². The lowest BCUT2D eigenvalue weighted by Gasteiger charge is -2.08. The Morgan fingerprint density at radius 3 is 1.62 bits per heavy atom. The molecular formula is C20H9Cl5O2S2. The minimum atomic E-state index is -0.289. The summed E-state index contributed by atoms with van der Waals surface area (Å²) in [4.78, 5) is 26.3. The Morgan fingerprint density at radius 1 is 0.586 bits per heavy atom. The van der Waals surface area contributed by atoms with Gasteiger partial charge in [-0.3, -0.25) is 9.59 Å². The summed E-state index contributed by atoms with van der Waals surface area (Å²) in [7, 11) is 0. The highest BCUT2D eigenvalue weighted by molar-refractivity contribution is 8.15. The fraction of sp³-hybridized carbons (Fsp3) is 0. The molecule has 3 aromatic carbocycles. The maximum atomic E-state index is 12.6. The van der Waals surface area contributed by atoms with Crippen LogP contribution >= 0.6 is 81.5 Å². The van der Waals surface area contributed by atoms with Gasteiger partial charge in [0.1, 0.15) is 0 Å². The lowest BCUT2D eigenvalue weighted by molar-refractivity contribution is 0.108. The number of hydrogen-bond donors (Lipinski definition) is 0. The summed E-state index contributed by atoms with van der Waals surface area (Å²) in [5.41, 5.74) is 0.661. The van der Waals surface area contributed by atoms with Gasteiger partial charge in [0.25, 0.3) is 0 Å². The van der Waals surface area contributed by atoms with E-state index in [0.29, 0.717) is 36.0 Å². The van der Waals surface area contributed by atoms with Crippen molar-refractivity contribution in [2.45, 2.75) is 9.79 Å². The third kappa shape index (κ3) is 5.86. The Hall–Kier alpha value is -0.850. The van der Waals surface area contributed by atoms with Gasteiger partial charge in [-0.1, -0.05) is 58.0 Å². The Bertz CT molecular complexity index is 1120. The van der Waals surface area contributed by atoms with Gasteiger partial charge >= 0.3 is 0 Å². The van der Waals surface area contributed by atoms with Crippen molar-refractivity contribution in [3.05, 3.63) is 90.8 Å². The van der Waals surface area contributed by atoms with Crippen LogP contribution in [0, 0.1) is 0 Å². The molecule has 0 atom stereocenters. The fourth-order valence-electron chi connectivity index (χ4n) is 2.25. The second-order valence-electron chi connectivity index (χ2n) is 5.62. The molecule has 0 amide bonds. The number of thioether (sulfide) groups is 2. The molecule has 0 fully saturated rings. The van der Waals surface area contributed by atoms with Crippen molar-refractivity contribution in [3.8, 4) is 0 Å². The predicted octanol–water partition coefficient (Wildman–Crippen LogP) is 8.82. The highest BCUT2D eigenvalue weighted by Gasteiger charge is 2.17. The van der Waals surface area contributed by atoms with Gasteiger partial charge in [-0.05, 0) is 78.1 Å². The number of benzene rings is 3. The molecule has 0 saturated carbocycles. The number of carbonyl (C=O) groups is 2. The number of rotatable bonds is 4. The second-order valence-corrected chi connectivity index (χ2v) is 9.78. The molecule has 0 spiro atoms. The lowest BCUT2D eigenvalue weighted by Crippen LogP contribution is -1.96. The molecule has 3 rings (SSSR count). The van der Waals surface area contributed by atoms with Crippen LogP contribution in [-0.4, -0.2) is 10.2 Å². The standard InChI is InChI=1S/C20H9Cl5O2S2/c21-10-1-4-13(16(24)7-10)19(26)28-12-3-6-15(23)18(9-12)29-20(27)14-5-2-11(22)8-17(14)25/h1-9H. The maximum Gasteiger partial charge on any atom is 0.225 e. The Morgan fingerprint density at radius 2 is 1.10 bits per heavy atom. The topological polar surface area (TPSA) is 34.1 Å². The van der Waals surface area contributed by atoms with Crippen LogP contribution in [0.4, 0.5) is 0 Å². The normalized spacial score (nSPS) is 10.8. The van der Waals surface area contributed by atoms with Gasteiger partial charge in [-0.2, -0.15) is 0 Å². The van der Waals surface area contributed by atoms with E-state index in [0.717, 1.165) is 23.5 Å². The van der Waals surface area contributed by atoms with Crippen molar-refractivity contribution >= 4 is 91.8 Å². The van der Waals surface area contributed by atoms with Gasteiger partial charge < -0.3 is 0 Å². The highest BCUT2D eigenvalue weighted by atomic mass is 35.5. The van der Waals surface area contributed by atoms with E-state index in [1.807, 2.05) is 0 Å². The molecule has 29 heavy (non-hydrogen) atoms. The largest absolute Gasteiger partial charge is 0.281 e. The van der Waals surface area contributed by atoms with E-state index in [2.05, 4.69) is 0 Å². The Labute approximate surface area is 200 Å². The summed E-state index contributed by atoms with van der Waals surface area (Å²) < 4.78 is 0. The predicted molar refractivity (Wildman–Crippen MR) is 125 cm³/mol. The fourth-order valence-corrected chi connectivity index (χ4v) is 5.31. The van der Waals surface area contributed by atoms with E-state index in [1.165, 1.54) is 12.1 Å². The molecule has 0 aromatic heterocycles. The number of carbonyl (C=O) groups excluding carboxylic acids is 2. The molecule has 0 aliphatic carbocycles. The van der Waals surface area contributed by atoms with Crippen molar-refractivity contribution in [1.82, 2.24) is 0 Å². The molecule has 0 bridgehead atoms. The Balaban J connectivity index is 1.80. The molecule has 0 N–H and O–H groups in total. The number of halogens is 5. The molecule has 148 valence electrons. The molecule has 0 saturated heterocycles. The molecule has 0 unspecified atom stereocenters. The summed E-state index contributed by atoms with van der Waals surface area (Å²) >= 11 is 32.1. The minimum absolute atomic E-state index is 0.253. The first-order valence-electron chi connectivity index (χ1n) is 7.88. The van der Waals surface area contributed by atoms with Gasteiger partial charge in [0, 0.05) is 31.0 Å². The van der Waals surface area contributed by atoms with E-state index >= 15 is 0 Å². The van der Waals surface area contributed by atoms with Crippen LogP contribution in [-0.2, 0) is 0 Å².